The Morgan fingerprint density at radius 1 is 1.07 bits per heavy atom. The Hall–Kier alpha value is -3.29. The van der Waals surface area contributed by atoms with Gasteiger partial charge in [-0.15, -0.1) is 0 Å². The second-order valence-corrected chi connectivity index (χ2v) is 7.19. The number of esters is 1. The summed E-state index contributed by atoms with van der Waals surface area (Å²) in [6.45, 7) is 7.18. The first-order valence-corrected chi connectivity index (χ1v) is 9.69. The van der Waals surface area contributed by atoms with Gasteiger partial charge in [0.1, 0.15) is 24.0 Å². The Balaban J connectivity index is 2.00. The molecule has 0 aliphatic carbocycles. The van der Waals surface area contributed by atoms with E-state index in [1.54, 1.807) is 6.92 Å². The number of aromatic nitrogens is 1. The standard InChI is InChI=1S/C22H28N2O6/c1-13(2)20(30-16-9-7-6-8-10-16)15(4)29-22(27)14(3)24-21(26)18-19(25)17(28-5)11-12-23-18/h6-15,20,25H,1-5H3,(H,24,26)/t14-,15+,20+/m1/s1. The molecule has 0 radical (unpaired) electrons. The van der Waals surface area contributed by atoms with Crippen LogP contribution < -0.4 is 14.8 Å². The summed E-state index contributed by atoms with van der Waals surface area (Å²) >= 11 is 0. The summed E-state index contributed by atoms with van der Waals surface area (Å²) in [6, 6.07) is 9.74. The van der Waals surface area contributed by atoms with E-state index in [2.05, 4.69) is 10.3 Å². The Bertz CT molecular complexity index is 856. The van der Waals surface area contributed by atoms with E-state index in [1.165, 1.54) is 26.3 Å². The highest BCUT2D eigenvalue weighted by Crippen LogP contribution is 2.27. The lowest BCUT2D eigenvalue weighted by molar-refractivity contribution is -0.155. The molecule has 30 heavy (non-hydrogen) atoms. The number of aromatic hydroxyl groups is 1. The molecule has 0 fully saturated rings. The maximum absolute atomic E-state index is 12.5. The predicted molar refractivity (Wildman–Crippen MR) is 111 cm³/mol. The van der Waals surface area contributed by atoms with Crippen LogP contribution in [0.1, 0.15) is 38.2 Å². The van der Waals surface area contributed by atoms with E-state index < -0.39 is 29.8 Å². The second-order valence-electron chi connectivity index (χ2n) is 7.19. The van der Waals surface area contributed by atoms with Crippen molar-refractivity contribution < 1.29 is 28.9 Å². The lowest BCUT2D eigenvalue weighted by Gasteiger charge is -2.29. The number of amides is 1. The van der Waals surface area contributed by atoms with Crippen molar-refractivity contribution in [3.63, 3.8) is 0 Å². The summed E-state index contributed by atoms with van der Waals surface area (Å²) in [6.07, 6.45) is 0.399. The van der Waals surface area contributed by atoms with Crippen molar-refractivity contribution in [3.8, 4) is 17.2 Å². The Morgan fingerprint density at radius 2 is 1.73 bits per heavy atom. The van der Waals surface area contributed by atoms with E-state index in [-0.39, 0.29) is 23.5 Å². The highest BCUT2D eigenvalue weighted by Gasteiger charge is 2.29. The maximum atomic E-state index is 12.5. The van der Waals surface area contributed by atoms with E-state index in [4.69, 9.17) is 14.2 Å². The molecule has 8 heteroatoms. The zero-order valence-electron chi connectivity index (χ0n) is 17.8. The summed E-state index contributed by atoms with van der Waals surface area (Å²) in [7, 11) is 1.36. The molecule has 1 amide bonds. The molecule has 1 aromatic carbocycles. The third-order valence-electron chi connectivity index (χ3n) is 4.46. The highest BCUT2D eigenvalue weighted by atomic mass is 16.6. The molecule has 2 aromatic rings. The topological polar surface area (TPSA) is 107 Å². The molecule has 8 nitrogen and oxygen atoms in total. The van der Waals surface area contributed by atoms with Gasteiger partial charge in [-0.05, 0) is 31.9 Å². The Morgan fingerprint density at radius 3 is 2.33 bits per heavy atom. The van der Waals surface area contributed by atoms with Crippen LogP contribution in [0, 0.1) is 5.92 Å². The largest absolute Gasteiger partial charge is 0.503 e. The maximum Gasteiger partial charge on any atom is 0.328 e. The molecule has 1 heterocycles. The normalized spacial score (nSPS) is 13.8. The van der Waals surface area contributed by atoms with Crippen LogP contribution in [0.25, 0.3) is 0 Å². The summed E-state index contributed by atoms with van der Waals surface area (Å²) in [5.74, 6) is -0.875. The fourth-order valence-corrected chi connectivity index (χ4v) is 2.87. The number of carbonyl (C=O) groups excluding carboxylic acids is 2. The van der Waals surface area contributed by atoms with E-state index in [0.29, 0.717) is 5.75 Å². The number of benzene rings is 1. The summed E-state index contributed by atoms with van der Waals surface area (Å²) in [5.41, 5.74) is -0.241. The van der Waals surface area contributed by atoms with Crippen molar-refractivity contribution in [2.75, 3.05) is 7.11 Å². The van der Waals surface area contributed by atoms with Gasteiger partial charge in [0.2, 0.25) is 0 Å². The molecule has 0 spiro atoms. The van der Waals surface area contributed by atoms with Crippen molar-refractivity contribution in [2.45, 2.75) is 45.9 Å². The summed E-state index contributed by atoms with van der Waals surface area (Å²) in [5, 5.41) is 12.5. The molecule has 0 aliphatic rings. The second kappa shape index (κ2) is 10.5. The molecule has 0 aliphatic heterocycles. The van der Waals surface area contributed by atoms with Crippen LogP contribution in [0.3, 0.4) is 0 Å². The van der Waals surface area contributed by atoms with Crippen molar-refractivity contribution >= 4 is 11.9 Å². The van der Waals surface area contributed by atoms with Crippen molar-refractivity contribution in [1.29, 1.82) is 0 Å². The van der Waals surface area contributed by atoms with E-state index in [0.717, 1.165) is 0 Å². The van der Waals surface area contributed by atoms with Gasteiger partial charge in [0.05, 0.1) is 7.11 Å². The number of methoxy groups -OCH3 is 1. The third kappa shape index (κ3) is 5.85. The SMILES string of the molecule is COc1ccnc(C(=O)N[C@H](C)C(=O)O[C@@H](C)[C@@H](Oc2ccccc2)C(C)C)c1O. The number of nitrogens with zero attached hydrogens (tertiary/aromatic N) is 1. The molecular formula is C22H28N2O6. The number of para-hydroxylation sites is 1. The molecule has 0 unspecified atom stereocenters. The zero-order chi connectivity index (χ0) is 22.3. The van der Waals surface area contributed by atoms with Crippen LogP contribution in [-0.4, -0.2) is 47.3 Å². The molecule has 1 aromatic heterocycles. The molecule has 0 saturated heterocycles. The minimum Gasteiger partial charge on any atom is -0.503 e. The first-order valence-electron chi connectivity index (χ1n) is 9.69. The van der Waals surface area contributed by atoms with Gasteiger partial charge in [-0.1, -0.05) is 32.0 Å². The molecule has 0 saturated carbocycles. The van der Waals surface area contributed by atoms with Gasteiger partial charge in [-0.3, -0.25) is 4.79 Å². The number of hydrogen-bond donors (Lipinski definition) is 2. The van der Waals surface area contributed by atoms with E-state index in [9.17, 15) is 14.7 Å². The lowest BCUT2D eigenvalue weighted by Crippen LogP contribution is -2.44. The van der Waals surface area contributed by atoms with Gasteiger partial charge in [0.25, 0.3) is 5.91 Å². The number of carbonyl (C=O) groups is 2. The zero-order valence-corrected chi connectivity index (χ0v) is 17.8. The fourth-order valence-electron chi connectivity index (χ4n) is 2.87. The summed E-state index contributed by atoms with van der Waals surface area (Å²) < 4.78 is 16.5. The van der Waals surface area contributed by atoms with Crippen LogP contribution in [0.5, 0.6) is 17.2 Å². The smallest absolute Gasteiger partial charge is 0.328 e. The van der Waals surface area contributed by atoms with Crippen LogP contribution >= 0.6 is 0 Å². The van der Waals surface area contributed by atoms with Gasteiger partial charge in [0.15, 0.2) is 17.2 Å². The van der Waals surface area contributed by atoms with E-state index >= 15 is 0 Å². The predicted octanol–water partition coefficient (Wildman–Crippen LogP) is 2.95. The minimum absolute atomic E-state index is 0.0795. The Labute approximate surface area is 176 Å². The van der Waals surface area contributed by atoms with Gasteiger partial charge in [-0.25, -0.2) is 9.78 Å². The quantitative estimate of drug-likeness (QED) is 0.605. The number of ether oxygens (including phenoxy) is 3. The van der Waals surface area contributed by atoms with Crippen LogP contribution in [0.4, 0.5) is 0 Å². The fraction of sp³-hybridized carbons (Fsp3) is 0.409. The van der Waals surface area contributed by atoms with Crippen LogP contribution in [-0.2, 0) is 9.53 Å². The molecular weight excluding hydrogens is 388 g/mol. The number of pyridine rings is 1. The minimum atomic E-state index is -0.961. The number of hydrogen-bond acceptors (Lipinski definition) is 7. The van der Waals surface area contributed by atoms with Gasteiger partial charge in [0, 0.05) is 12.3 Å². The monoisotopic (exact) mass is 416 g/mol. The van der Waals surface area contributed by atoms with Crippen LogP contribution in [0.2, 0.25) is 0 Å². The molecule has 0 bridgehead atoms. The van der Waals surface area contributed by atoms with Crippen LogP contribution in [0.15, 0.2) is 42.6 Å². The lowest BCUT2D eigenvalue weighted by atomic mass is 10.0. The van der Waals surface area contributed by atoms with Crippen molar-refractivity contribution in [2.24, 2.45) is 5.92 Å². The third-order valence-corrected chi connectivity index (χ3v) is 4.46. The number of nitrogens with one attached hydrogen (secondary N) is 1. The van der Waals surface area contributed by atoms with Crippen molar-refractivity contribution in [3.05, 3.63) is 48.3 Å². The Kier molecular flexibility index (Phi) is 8.03. The van der Waals surface area contributed by atoms with Gasteiger partial charge >= 0.3 is 5.97 Å². The molecule has 2 rings (SSSR count). The molecule has 162 valence electrons. The summed E-state index contributed by atoms with van der Waals surface area (Å²) in [4.78, 5) is 28.7. The average Bonchev–Trinajstić information content (AvgIpc) is 2.72. The van der Waals surface area contributed by atoms with Gasteiger partial charge in [-0.2, -0.15) is 0 Å². The van der Waals surface area contributed by atoms with E-state index in [1.807, 2.05) is 44.2 Å². The average molecular weight is 416 g/mol. The molecule has 2 N–H and O–H groups in total. The highest BCUT2D eigenvalue weighted by molar-refractivity contribution is 5.97. The van der Waals surface area contributed by atoms with Gasteiger partial charge < -0.3 is 24.6 Å². The number of rotatable bonds is 9. The van der Waals surface area contributed by atoms with Crippen molar-refractivity contribution in [1.82, 2.24) is 10.3 Å². The first kappa shape index (κ1) is 23.0. The molecule has 3 atom stereocenters. The first-order chi connectivity index (χ1) is 14.2.